The van der Waals surface area contributed by atoms with Gasteiger partial charge in [0.1, 0.15) is 24.0 Å². The Morgan fingerprint density at radius 1 is 1.38 bits per heavy atom. The number of rotatable bonds is 2. The van der Waals surface area contributed by atoms with Gasteiger partial charge in [0, 0.05) is 12.1 Å². The average Bonchev–Trinajstić information content (AvgIpc) is 2.10. The molecular weight excluding hydrogens is 242 g/mol. The molecule has 0 aliphatic heterocycles. The minimum atomic E-state index is -0.716. The molecule has 0 aliphatic rings. The van der Waals surface area contributed by atoms with Crippen LogP contribution in [0.25, 0.3) is 0 Å². The van der Waals surface area contributed by atoms with E-state index in [1.165, 1.54) is 0 Å². The fourth-order valence-electron chi connectivity index (χ4n) is 0.741. The molecule has 1 rings (SSSR count). The molecule has 1 nitrogen and oxygen atoms in total. The van der Waals surface area contributed by atoms with Crippen molar-refractivity contribution in [2.24, 2.45) is 0 Å². The van der Waals surface area contributed by atoms with Crippen LogP contribution < -0.4 is 4.74 Å². The van der Waals surface area contributed by atoms with Crippen molar-refractivity contribution in [1.82, 2.24) is 0 Å². The van der Waals surface area contributed by atoms with Gasteiger partial charge in [-0.1, -0.05) is 5.92 Å². The number of hydrogen-bond donors (Lipinski definition) is 0. The van der Waals surface area contributed by atoms with E-state index in [-0.39, 0.29) is 16.8 Å². The van der Waals surface area contributed by atoms with Crippen molar-refractivity contribution in [2.75, 3.05) is 6.61 Å². The van der Waals surface area contributed by atoms with Gasteiger partial charge in [-0.2, -0.15) is 0 Å². The maximum Gasteiger partial charge on any atom is 0.148 e. The molecule has 0 saturated heterocycles. The predicted molar refractivity (Wildman–Crippen MR) is 48.4 cm³/mol. The van der Waals surface area contributed by atoms with Gasteiger partial charge >= 0.3 is 0 Å². The third-order valence-electron chi connectivity index (χ3n) is 1.28. The fraction of sp³-hybridized carbons (Fsp3) is 0.111. The van der Waals surface area contributed by atoms with Crippen molar-refractivity contribution >= 4 is 15.9 Å². The molecule has 0 unspecified atom stereocenters. The summed E-state index contributed by atoms with van der Waals surface area (Å²) in [6.45, 7) is -0.0134. The third-order valence-corrected chi connectivity index (χ3v) is 2.04. The van der Waals surface area contributed by atoms with Crippen molar-refractivity contribution in [3.8, 4) is 18.1 Å². The molecule has 1 aromatic carbocycles. The molecule has 0 spiro atoms. The van der Waals surface area contributed by atoms with E-state index < -0.39 is 11.6 Å². The summed E-state index contributed by atoms with van der Waals surface area (Å²) < 4.78 is 30.3. The fourth-order valence-corrected chi connectivity index (χ4v) is 0.970. The van der Waals surface area contributed by atoms with E-state index in [4.69, 9.17) is 11.2 Å². The summed E-state index contributed by atoms with van der Waals surface area (Å²) in [4.78, 5) is 0. The highest BCUT2D eigenvalue weighted by molar-refractivity contribution is 9.10. The number of terminal acetylenes is 1. The second-order valence-electron chi connectivity index (χ2n) is 2.19. The van der Waals surface area contributed by atoms with Crippen molar-refractivity contribution in [2.45, 2.75) is 0 Å². The molecule has 0 atom stereocenters. The summed E-state index contributed by atoms with van der Waals surface area (Å²) in [5.74, 6) is 0.839. The van der Waals surface area contributed by atoms with Crippen LogP contribution in [-0.4, -0.2) is 6.61 Å². The van der Waals surface area contributed by atoms with Crippen molar-refractivity contribution in [1.29, 1.82) is 0 Å². The Morgan fingerprint density at radius 2 is 1.92 bits per heavy atom. The number of halogens is 3. The van der Waals surface area contributed by atoms with E-state index in [0.29, 0.717) is 0 Å². The van der Waals surface area contributed by atoms with Crippen LogP contribution in [0.4, 0.5) is 8.78 Å². The van der Waals surface area contributed by atoms with Crippen molar-refractivity contribution in [3.05, 3.63) is 28.2 Å². The lowest BCUT2D eigenvalue weighted by Crippen LogP contribution is -1.95. The van der Waals surface area contributed by atoms with Crippen LogP contribution in [0.2, 0.25) is 0 Å². The monoisotopic (exact) mass is 246 g/mol. The molecule has 0 aromatic heterocycles. The van der Waals surface area contributed by atoms with Crippen LogP contribution in [0.3, 0.4) is 0 Å². The summed E-state index contributed by atoms with van der Waals surface area (Å²) in [6.07, 6.45) is 4.91. The largest absolute Gasteiger partial charge is 0.481 e. The number of ether oxygens (including phenoxy) is 1. The van der Waals surface area contributed by atoms with Crippen LogP contribution in [0, 0.1) is 24.0 Å². The van der Waals surface area contributed by atoms with Crippen LogP contribution >= 0.6 is 15.9 Å². The highest BCUT2D eigenvalue weighted by Crippen LogP contribution is 2.24. The molecule has 0 amide bonds. The van der Waals surface area contributed by atoms with Gasteiger partial charge < -0.3 is 4.74 Å². The van der Waals surface area contributed by atoms with Gasteiger partial charge in [-0.15, -0.1) is 6.42 Å². The van der Waals surface area contributed by atoms with Crippen LogP contribution in [0.15, 0.2) is 16.6 Å². The molecule has 1 aromatic rings. The molecule has 0 saturated carbocycles. The highest BCUT2D eigenvalue weighted by Gasteiger charge is 2.08. The summed E-state index contributed by atoms with van der Waals surface area (Å²) in [5, 5.41) is 0. The molecule has 0 aliphatic carbocycles. The third kappa shape index (κ3) is 2.43. The van der Waals surface area contributed by atoms with E-state index in [1.54, 1.807) is 0 Å². The topological polar surface area (TPSA) is 9.23 Å². The Hall–Kier alpha value is -1.08. The lowest BCUT2D eigenvalue weighted by Gasteiger charge is -2.03. The zero-order valence-corrected chi connectivity index (χ0v) is 8.07. The van der Waals surface area contributed by atoms with E-state index in [2.05, 4.69) is 21.9 Å². The van der Waals surface area contributed by atoms with Gasteiger partial charge in [-0.05, 0) is 15.9 Å². The Morgan fingerprint density at radius 3 is 2.38 bits per heavy atom. The second kappa shape index (κ2) is 4.24. The maximum absolute atomic E-state index is 12.8. The first-order chi connectivity index (χ1) is 6.15. The molecular formula is C9H5BrF2O. The minimum Gasteiger partial charge on any atom is -0.481 e. The standard InChI is InChI=1S/C9H5BrF2O/c1-2-3-13-6-4-7(11)9(10)8(12)5-6/h1,4-5H,3H2. The molecule has 13 heavy (non-hydrogen) atoms. The highest BCUT2D eigenvalue weighted by atomic mass is 79.9. The van der Waals surface area contributed by atoms with Gasteiger partial charge in [-0.3, -0.25) is 0 Å². The molecule has 0 fully saturated rings. The van der Waals surface area contributed by atoms with Crippen LogP contribution in [0.1, 0.15) is 0 Å². The normalized spacial score (nSPS) is 9.38. The Labute approximate surface area is 82.8 Å². The van der Waals surface area contributed by atoms with Crippen LogP contribution in [0.5, 0.6) is 5.75 Å². The zero-order chi connectivity index (χ0) is 9.84. The average molecular weight is 247 g/mol. The summed E-state index contributed by atoms with van der Waals surface area (Å²) in [5.41, 5.74) is 0. The second-order valence-corrected chi connectivity index (χ2v) is 2.99. The maximum atomic E-state index is 12.8. The Bertz CT molecular complexity index is 334. The minimum absolute atomic E-state index is 0.0134. The van der Waals surface area contributed by atoms with Gasteiger partial charge in [0.05, 0.1) is 4.47 Å². The number of hydrogen-bond acceptors (Lipinski definition) is 1. The first kappa shape index (κ1) is 10.0. The Balaban J connectivity index is 2.94. The zero-order valence-electron chi connectivity index (χ0n) is 6.48. The molecule has 0 N–H and O–H groups in total. The van der Waals surface area contributed by atoms with E-state index >= 15 is 0 Å². The van der Waals surface area contributed by atoms with Gasteiger partial charge in [0.25, 0.3) is 0 Å². The Kier molecular flexibility index (Phi) is 3.26. The predicted octanol–water partition coefficient (Wildman–Crippen LogP) is 2.74. The number of benzene rings is 1. The lowest BCUT2D eigenvalue weighted by molar-refractivity contribution is 0.364. The first-order valence-electron chi connectivity index (χ1n) is 3.36. The van der Waals surface area contributed by atoms with E-state index in [9.17, 15) is 8.78 Å². The molecule has 0 radical (unpaired) electrons. The van der Waals surface area contributed by atoms with Gasteiger partial charge in [0.2, 0.25) is 0 Å². The van der Waals surface area contributed by atoms with Gasteiger partial charge in [0.15, 0.2) is 0 Å². The molecule has 0 bridgehead atoms. The van der Waals surface area contributed by atoms with Crippen molar-refractivity contribution in [3.63, 3.8) is 0 Å². The van der Waals surface area contributed by atoms with Crippen LogP contribution in [-0.2, 0) is 0 Å². The van der Waals surface area contributed by atoms with Crippen molar-refractivity contribution < 1.29 is 13.5 Å². The van der Waals surface area contributed by atoms with Gasteiger partial charge in [-0.25, -0.2) is 8.78 Å². The first-order valence-corrected chi connectivity index (χ1v) is 4.15. The summed E-state index contributed by atoms with van der Waals surface area (Å²) in [6, 6.07) is 2.12. The van der Waals surface area contributed by atoms with E-state index in [0.717, 1.165) is 12.1 Å². The molecule has 4 heteroatoms. The molecule has 68 valence electrons. The molecule has 0 heterocycles. The lowest BCUT2D eigenvalue weighted by atomic mass is 10.3. The quantitative estimate of drug-likeness (QED) is 0.576. The summed E-state index contributed by atoms with van der Waals surface area (Å²) >= 11 is 2.74. The summed E-state index contributed by atoms with van der Waals surface area (Å²) in [7, 11) is 0. The smallest absolute Gasteiger partial charge is 0.148 e. The van der Waals surface area contributed by atoms with E-state index in [1.807, 2.05) is 0 Å². The SMILES string of the molecule is C#CCOc1cc(F)c(Br)c(F)c1.